The zero-order chi connectivity index (χ0) is 17.1. The van der Waals surface area contributed by atoms with Gasteiger partial charge in [-0.1, -0.05) is 0 Å². The van der Waals surface area contributed by atoms with E-state index in [-0.39, 0.29) is 6.54 Å². The summed E-state index contributed by atoms with van der Waals surface area (Å²) in [5.41, 5.74) is 7.50. The SMILES string of the molecule is NC(=O)c1c(NC(=O)C(=O)NCc2ccncc2)sc2c1CCC2. The number of hydrogen-bond acceptors (Lipinski definition) is 5. The molecule has 0 unspecified atom stereocenters. The number of thiophene rings is 1. The van der Waals surface area contributed by atoms with Crippen LogP contribution in [0.1, 0.15) is 32.8 Å². The second-order valence-electron chi connectivity index (χ2n) is 5.42. The lowest BCUT2D eigenvalue weighted by Gasteiger charge is -2.07. The number of rotatable bonds is 4. The molecule has 0 aliphatic heterocycles. The number of carbonyl (C=O) groups excluding carboxylic acids is 3. The zero-order valence-electron chi connectivity index (χ0n) is 12.8. The average Bonchev–Trinajstić information content (AvgIpc) is 3.13. The second kappa shape index (κ2) is 6.79. The Kier molecular flexibility index (Phi) is 4.57. The van der Waals surface area contributed by atoms with Gasteiger partial charge in [0.05, 0.1) is 5.56 Å². The first-order valence-electron chi connectivity index (χ1n) is 7.48. The summed E-state index contributed by atoms with van der Waals surface area (Å²) >= 11 is 1.32. The highest BCUT2D eigenvalue weighted by Crippen LogP contribution is 2.38. The van der Waals surface area contributed by atoms with Crippen LogP contribution >= 0.6 is 11.3 Å². The molecule has 0 aromatic carbocycles. The Morgan fingerprint density at radius 3 is 2.62 bits per heavy atom. The summed E-state index contributed by atoms with van der Waals surface area (Å²) in [7, 11) is 0. The van der Waals surface area contributed by atoms with Crippen LogP contribution in [0.15, 0.2) is 24.5 Å². The maximum atomic E-state index is 12.1. The molecule has 3 amide bonds. The number of aromatic nitrogens is 1. The Bertz CT molecular complexity index is 801. The molecule has 0 saturated carbocycles. The molecule has 0 bridgehead atoms. The van der Waals surface area contributed by atoms with Crippen LogP contribution in [0.4, 0.5) is 5.00 Å². The molecule has 0 fully saturated rings. The lowest BCUT2D eigenvalue weighted by molar-refractivity contribution is -0.136. The molecule has 2 aromatic heterocycles. The third-order valence-corrected chi connectivity index (χ3v) is 5.01. The van der Waals surface area contributed by atoms with Crippen LogP contribution in [0.5, 0.6) is 0 Å². The minimum absolute atomic E-state index is 0.221. The van der Waals surface area contributed by atoms with E-state index in [2.05, 4.69) is 15.6 Å². The number of nitrogens with zero attached hydrogens (tertiary/aromatic N) is 1. The Hall–Kier alpha value is -2.74. The number of hydrogen-bond donors (Lipinski definition) is 3. The number of anilines is 1. The van der Waals surface area contributed by atoms with Gasteiger partial charge < -0.3 is 16.4 Å². The first-order valence-corrected chi connectivity index (χ1v) is 8.30. The van der Waals surface area contributed by atoms with E-state index in [1.54, 1.807) is 24.5 Å². The number of aryl methyl sites for hydroxylation is 1. The van der Waals surface area contributed by atoms with Crippen molar-refractivity contribution in [2.75, 3.05) is 5.32 Å². The maximum Gasteiger partial charge on any atom is 0.314 e. The molecule has 8 heteroatoms. The van der Waals surface area contributed by atoms with Crippen LogP contribution in [0.2, 0.25) is 0 Å². The maximum absolute atomic E-state index is 12.1. The van der Waals surface area contributed by atoms with Gasteiger partial charge in [-0.15, -0.1) is 11.3 Å². The molecule has 1 aliphatic rings. The number of pyridine rings is 1. The van der Waals surface area contributed by atoms with Gasteiger partial charge in [0.15, 0.2) is 0 Å². The summed E-state index contributed by atoms with van der Waals surface area (Å²) in [6, 6.07) is 3.49. The van der Waals surface area contributed by atoms with Crippen molar-refractivity contribution in [3.05, 3.63) is 46.1 Å². The van der Waals surface area contributed by atoms with Gasteiger partial charge in [0.1, 0.15) is 5.00 Å². The smallest absolute Gasteiger partial charge is 0.314 e. The Balaban J connectivity index is 1.66. The van der Waals surface area contributed by atoms with Gasteiger partial charge >= 0.3 is 11.8 Å². The predicted molar refractivity (Wildman–Crippen MR) is 89.6 cm³/mol. The molecular formula is C16H16N4O3S. The summed E-state index contributed by atoms with van der Waals surface area (Å²) < 4.78 is 0. The van der Waals surface area contributed by atoms with Crippen molar-refractivity contribution in [2.45, 2.75) is 25.8 Å². The standard InChI is InChI=1S/C16H16N4O3S/c17-13(21)12-10-2-1-3-11(10)24-16(12)20-15(23)14(22)19-8-9-4-6-18-7-5-9/h4-7H,1-3,8H2,(H2,17,21)(H,19,22)(H,20,23). The van der Waals surface area contributed by atoms with E-state index in [0.717, 1.165) is 35.3 Å². The van der Waals surface area contributed by atoms with Crippen molar-refractivity contribution in [1.29, 1.82) is 0 Å². The van der Waals surface area contributed by atoms with Crippen molar-refractivity contribution in [3.63, 3.8) is 0 Å². The summed E-state index contributed by atoms with van der Waals surface area (Å²) in [5.74, 6) is -2.16. The highest BCUT2D eigenvalue weighted by Gasteiger charge is 2.27. The van der Waals surface area contributed by atoms with Gasteiger partial charge in [0.25, 0.3) is 5.91 Å². The van der Waals surface area contributed by atoms with E-state index in [0.29, 0.717) is 10.6 Å². The highest BCUT2D eigenvalue weighted by molar-refractivity contribution is 7.17. The number of carbonyl (C=O) groups is 3. The minimum Gasteiger partial charge on any atom is -0.365 e. The molecule has 0 spiro atoms. The van der Waals surface area contributed by atoms with Crippen LogP contribution < -0.4 is 16.4 Å². The number of primary amides is 1. The van der Waals surface area contributed by atoms with E-state index < -0.39 is 17.7 Å². The van der Waals surface area contributed by atoms with Gasteiger partial charge in [-0.05, 0) is 42.5 Å². The third-order valence-electron chi connectivity index (χ3n) is 3.80. The molecule has 3 rings (SSSR count). The largest absolute Gasteiger partial charge is 0.365 e. The van der Waals surface area contributed by atoms with Crippen molar-refractivity contribution in [2.24, 2.45) is 5.73 Å². The van der Waals surface area contributed by atoms with E-state index in [4.69, 9.17) is 5.73 Å². The fourth-order valence-corrected chi connectivity index (χ4v) is 3.97. The Morgan fingerprint density at radius 1 is 1.17 bits per heavy atom. The van der Waals surface area contributed by atoms with E-state index >= 15 is 0 Å². The van der Waals surface area contributed by atoms with Gasteiger partial charge in [-0.25, -0.2) is 0 Å². The quantitative estimate of drug-likeness (QED) is 0.717. The molecule has 2 aromatic rings. The number of nitrogens with two attached hydrogens (primary N) is 1. The number of nitrogens with one attached hydrogen (secondary N) is 2. The fraction of sp³-hybridized carbons (Fsp3) is 0.250. The second-order valence-corrected chi connectivity index (χ2v) is 6.52. The van der Waals surface area contributed by atoms with E-state index in [1.165, 1.54) is 11.3 Å². The molecule has 24 heavy (non-hydrogen) atoms. The minimum atomic E-state index is -0.813. The summed E-state index contributed by atoms with van der Waals surface area (Å²) in [4.78, 5) is 40.6. The fourth-order valence-electron chi connectivity index (χ4n) is 2.68. The molecule has 0 saturated heterocycles. The number of amides is 3. The molecule has 124 valence electrons. The normalized spacial score (nSPS) is 12.5. The van der Waals surface area contributed by atoms with Crippen LogP contribution in [0.3, 0.4) is 0 Å². The van der Waals surface area contributed by atoms with E-state index in [9.17, 15) is 14.4 Å². The van der Waals surface area contributed by atoms with Gasteiger partial charge in [0, 0.05) is 23.8 Å². The van der Waals surface area contributed by atoms with Crippen molar-refractivity contribution in [1.82, 2.24) is 10.3 Å². The Labute approximate surface area is 142 Å². The molecular weight excluding hydrogens is 328 g/mol. The van der Waals surface area contributed by atoms with Crippen molar-refractivity contribution >= 4 is 34.1 Å². The Morgan fingerprint density at radius 2 is 1.92 bits per heavy atom. The molecule has 1 aliphatic carbocycles. The van der Waals surface area contributed by atoms with Crippen LogP contribution in [-0.2, 0) is 29.0 Å². The first-order chi connectivity index (χ1) is 11.6. The van der Waals surface area contributed by atoms with Crippen LogP contribution in [-0.4, -0.2) is 22.7 Å². The van der Waals surface area contributed by atoms with Crippen LogP contribution in [0, 0.1) is 0 Å². The van der Waals surface area contributed by atoms with Gasteiger partial charge in [0.2, 0.25) is 0 Å². The topological polar surface area (TPSA) is 114 Å². The van der Waals surface area contributed by atoms with Crippen LogP contribution in [0.25, 0.3) is 0 Å². The van der Waals surface area contributed by atoms with Gasteiger partial charge in [-0.3, -0.25) is 19.4 Å². The zero-order valence-corrected chi connectivity index (χ0v) is 13.6. The monoisotopic (exact) mass is 344 g/mol. The predicted octanol–water partition coefficient (Wildman–Crippen LogP) is 0.986. The van der Waals surface area contributed by atoms with Crippen molar-refractivity contribution in [3.8, 4) is 0 Å². The van der Waals surface area contributed by atoms with Crippen molar-refractivity contribution < 1.29 is 14.4 Å². The van der Waals surface area contributed by atoms with E-state index in [1.807, 2.05) is 0 Å². The molecule has 4 N–H and O–H groups in total. The number of fused-ring (bicyclic) bond motifs is 1. The lowest BCUT2D eigenvalue weighted by Crippen LogP contribution is -2.35. The molecule has 2 heterocycles. The third kappa shape index (κ3) is 3.28. The highest BCUT2D eigenvalue weighted by atomic mass is 32.1. The van der Waals surface area contributed by atoms with Gasteiger partial charge in [-0.2, -0.15) is 0 Å². The molecule has 0 radical (unpaired) electrons. The summed E-state index contributed by atoms with van der Waals surface area (Å²) in [6.45, 7) is 0.221. The summed E-state index contributed by atoms with van der Waals surface area (Å²) in [5, 5.41) is 5.40. The molecule has 7 nitrogen and oxygen atoms in total. The lowest BCUT2D eigenvalue weighted by atomic mass is 10.1. The molecule has 0 atom stereocenters. The first kappa shape index (κ1) is 16.1. The summed E-state index contributed by atoms with van der Waals surface area (Å²) in [6.07, 6.45) is 5.82. The average molecular weight is 344 g/mol.